The van der Waals surface area contributed by atoms with Crippen LogP contribution < -0.4 is 11.1 Å². The van der Waals surface area contributed by atoms with Crippen LogP contribution in [0.3, 0.4) is 0 Å². The second-order valence-electron chi connectivity index (χ2n) is 5.53. The van der Waals surface area contributed by atoms with E-state index in [0.717, 1.165) is 12.8 Å². The first-order chi connectivity index (χ1) is 9.90. The van der Waals surface area contributed by atoms with E-state index in [9.17, 15) is 19.2 Å². The van der Waals surface area contributed by atoms with Gasteiger partial charge in [-0.05, 0) is 25.7 Å². The number of primary amides is 1. The number of carboxylic acids is 1. The number of nitrogens with one attached hydrogen (secondary N) is 1. The van der Waals surface area contributed by atoms with Crippen molar-refractivity contribution < 1.29 is 24.3 Å². The van der Waals surface area contributed by atoms with E-state index in [4.69, 9.17) is 10.8 Å². The Hall–Kier alpha value is -2.12. The standard InChI is InChI=1S/C13H19N3O5/c14-10(17)6-8(13(20)21)15-11(18)9-2-1-5-16(9)12(19)7-3-4-7/h7-9H,1-6H2,(H2,14,17)(H,15,18)(H,20,21)/t8-,9?/m1/s1. The molecule has 2 atom stereocenters. The second-order valence-corrected chi connectivity index (χ2v) is 5.53. The summed E-state index contributed by atoms with van der Waals surface area (Å²) < 4.78 is 0. The average molecular weight is 297 g/mol. The van der Waals surface area contributed by atoms with E-state index in [0.29, 0.717) is 19.4 Å². The summed E-state index contributed by atoms with van der Waals surface area (Å²) >= 11 is 0. The first-order valence-corrected chi connectivity index (χ1v) is 7.02. The monoisotopic (exact) mass is 297 g/mol. The molecule has 2 rings (SSSR count). The molecule has 2 aliphatic rings. The number of likely N-dealkylation sites (tertiary alicyclic amines) is 1. The Bertz CT molecular complexity index is 474. The maximum absolute atomic E-state index is 12.2. The molecule has 1 saturated carbocycles. The fourth-order valence-electron chi connectivity index (χ4n) is 2.54. The molecule has 4 N–H and O–H groups in total. The fraction of sp³-hybridized carbons (Fsp3) is 0.692. The third kappa shape index (κ3) is 3.71. The highest BCUT2D eigenvalue weighted by molar-refractivity contribution is 5.93. The van der Waals surface area contributed by atoms with Crippen molar-refractivity contribution >= 4 is 23.7 Å². The molecule has 116 valence electrons. The molecule has 0 spiro atoms. The number of rotatable bonds is 6. The van der Waals surface area contributed by atoms with E-state index in [-0.39, 0.29) is 11.8 Å². The molecule has 0 bridgehead atoms. The van der Waals surface area contributed by atoms with Gasteiger partial charge in [-0.3, -0.25) is 14.4 Å². The number of nitrogens with two attached hydrogens (primary N) is 1. The Morgan fingerprint density at radius 1 is 1.24 bits per heavy atom. The van der Waals surface area contributed by atoms with Crippen molar-refractivity contribution in [2.45, 2.75) is 44.2 Å². The number of carboxylic acid groups (broad SMARTS) is 1. The Labute approximate surface area is 121 Å². The van der Waals surface area contributed by atoms with Crippen LogP contribution in [0.4, 0.5) is 0 Å². The summed E-state index contributed by atoms with van der Waals surface area (Å²) in [6, 6.07) is -2.00. The van der Waals surface area contributed by atoms with Crippen LogP contribution >= 0.6 is 0 Å². The minimum absolute atomic E-state index is 0.0132. The Balaban J connectivity index is 1.98. The van der Waals surface area contributed by atoms with Crippen LogP contribution in [0.1, 0.15) is 32.1 Å². The highest BCUT2D eigenvalue weighted by atomic mass is 16.4. The third-order valence-electron chi connectivity index (χ3n) is 3.79. The van der Waals surface area contributed by atoms with Crippen LogP contribution in [0.15, 0.2) is 0 Å². The van der Waals surface area contributed by atoms with Crippen molar-refractivity contribution in [1.82, 2.24) is 10.2 Å². The van der Waals surface area contributed by atoms with Gasteiger partial charge in [0.1, 0.15) is 12.1 Å². The molecule has 1 heterocycles. The molecule has 0 aromatic carbocycles. The van der Waals surface area contributed by atoms with E-state index in [2.05, 4.69) is 5.32 Å². The fourth-order valence-corrected chi connectivity index (χ4v) is 2.54. The van der Waals surface area contributed by atoms with Gasteiger partial charge in [0.05, 0.1) is 6.42 Å². The van der Waals surface area contributed by atoms with Crippen molar-refractivity contribution in [3.05, 3.63) is 0 Å². The van der Waals surface area contributed by atoms with Gasteiger partial charge in [0.2, 0.25) is 17.7 Å². The molecule has 21 heavy (non-hydrogen) atoms. The lowest BCUT2D eigenvalue weighted by atomic mass is 10.1. The van der Waals surface area contributed by atoms with Gasteiger partial charge in [0, 0.05) is 12.5 Å². The quantitative estimate of drug-likeness (QED) is 0.569. The maximum atomic E-state index is 12.2. The molecular formula is C13H19N3O5. The first-order valence-electron chi connectivity index (χ1n) is 7.02. The predicted octanol–water partition coefficient (Wildman–Crippen LogP) is -1.17. The van der Waals surface area contributed by atoms with Crippen LogP contribution in [0.5, 0.6) is 0 Å². The lowest BCUT2D eigenvalue weighted by molar-refractivity contribution is -0.145. The predicted molar refractivity (Wildman–Crippen MR) is 70.8 cm³/mol. The molecule has 1 aliphatic carbocycles. The Morgan fingerprint density at radius 3 is 2.43 bits per heavy atom. The zero-order chi connectivity index (χ0) is 15.6. The first kappa shape index (κ1) is 15.3. The largest absolute Gasteiger partial charge is 0.480 e. The van der Waals surface area contributed by atoms with E-state index in [1.807, 2.05) is 0 Å². The lowest BCUT2D eigenvalue weighted by Crippen LogP contribution is -2.52. The molecule has 3 amide bonds. The molecule has 8 nitrogen and oxygen atoms in total. The molecule has 1 aliphatic heterocycles. The average Bonchev–Trinajstić information content (AvgIpc) is 3.13. The van der Waals surface area contributed by atoms with Crippen LogP contribution in [0.25, 0.3) is 0 Å². The summed E-state index contributed by atoms with van der Waals surface area (Å²) in [5, 5.41) is 11.3. The molecule has 1 unspecified atom stereocenters. The summed E-state index contributed by atoms with van der Waals surface area (Å²) in [5.41, 5.74) is 4.97. The highest BCUT2D eigenvalue weighted by Crippen LogP contribution is 2.33. The lowest BCUT2D eigenvalue weighted by Gasteiger charge is -2.25. The van der Waals surface area contributed by atoms with E-state index >= 15 is 0 Å². The van der Waals surface area contributed by atoms with Gasteiger partial charge in [0.25, 0.3) is 0 Å². The summed E-state index contributed by atoms with van der Waals surface area (Å²) in [4.78, 5) is 47.6. The third-order valence-corrected chi connectivity index (χ3v) is 3.79. The van der Waals surface area contributed by atoms with Crippen LogP contribution in [0, 0.1) is 5.92 Å². The van der Waals surface area contributed by atoms with Crippen molar-refractivity contribution in [3.63, 3.8) is 0 Å². The topological polar surface area (TPSA) is 130 Å². The summed E-state index contributed by atoms with van der Waals surface area (Å²) in [7, 11) is 0. The van der Waals surface area contributed by atoms with Crippen molar-refractivity contribution in [3.8, 4) is 0 Å². The van der Waals surface area contributed by atoms with Crippen LogP contribution in [-0.2, 0) is 19.2 Å². The Morgan fingerprint density at radius 2 is 1.90 bits per heavy atom. The molecule has 0 aromatic rings. The summed E-state index contributed by atoms with van der Waals surface area (Å²) in [6.07, 6.45) is 2.45. The highest BCUT2D eigenvalue weighted by Gasteiger charge is 2.41. The number of hydrogen-bond donors (Lipinski definition) is 3. The summed E-state index contributed by atoms with van der Waals surface area (Å²) in [6.45, 7) is 0.515. The number of nitrogens with zero attached hydrogens (tertiary/aromatic N) is 1. The number of carbonyl (C=O) groups is 4. The number of carbonyl (C=O) groups excluding carboxylic acids is 3. The zero-order valence-electron chi connectivity index (χ0n) is 11.6. The van der Waals surface area contributed by atoms with Crippen molar-refractivity contribution in [2.24, 2.45) is 11.7 Å². The molecule has 0 radical (unpaired) electrons. The van der Waals surface area contributed by atoms with E-state index in [1.165, 1.54) is 4.90 Å². The van der Waals surface area contributed by atoms with Crippen LogP contribution in [-0.4, -0.2) is 52.3 Å². The molecule has 2 fully saturated rings. The minimum atomic E-state index is -1.35. The van der Waals surface area contributed by atoms with E-state index in [1.54, 1.807) is 0 Å². The molecule has 0 aromatic heterocycles. The normalized spacial score (nSPS) is 22.7. The Kier molecular flexibility index (Phi) is 4.44. The molecule has 1 saturated heterocycles. The van der Waals surface area contributed by atoms with Gasteiger partial charge >= 0.3 is 5.97 Å². The van der Waals surface area contributed by atoms with Gasteiger partial charge < -0.3 is 21.1 Å². The summed E-state index contributed by atoms with van der Waals surface area (Å²) in [5.74, 6) is -2.68. The van der Waals surface area contributed by atoms with Gasteiger partial charge in [-0.15, -0.1) is 0 Å². The smallest absolute Gasteiger partial charge is 0.326 e. The van der Waals surface area contributed by atoms with Crippen LogP contribution in [0.2, 0.25) is 0 Å². The second kappa shape index (κ2) is 6.11. The van der Waals surface area contributed by atoms with Crippen molar-refractivity contribution in [1.29, 1.82) is 0 Å². The zero-order valence-corrected chi connectivity index (χ0v) is 11.6. The molecular weight excluding hydrogens is 278 g/mol. The molecule has 8 heteroatoms. The van der Waals surface area contributed by atoms with Crippen molar-refractivity contribution in [2.75, 3.05) is 6.54 Å². The van der Waals surface area contributed by atoms with Gasteiger partial charge in [0.15, 0.2) is 0 Å². The van der Waals surface area contributed by atoms with Gasteiger partial charge in [-0.2, -0.15) is 0 Å². The minimum Gasteiger partial charge on any atom is -0.480 e. The van der Waals surface area contributed by atoms with E-state index < -0.39 is 36.3 Å². The maximum Gasteiger partial charge on any atom is 0.326 e. The number of hydrogen-bond acceptors (Lipinski definition) is 4. The number of aliphatic carboxylic acids is 1. The number of amides is 3. The SMILES string of the molecule is NC(=O)C[C@@H](NC(=O)C1CCCN1C(=O)C1CC1)C(=O)O. The van der Waals surface area contributed by atoms with Gasteiger partial charge in [-0.1, -0.05) is 0 Å². The van der Waals surface area contributed by atoms with Gasteiger partial charge in [-0.25, -0.2) is 4.79 Å².